The summed E-state index contributed by atoms with van der Waals surface area (Å²) in [6.07, 6.45) is 5.28. The molecule has 5 heteroatoms. The largest absolute Gasteiger partial charge is 0.454 e. The van der Waals surface area contributed by atoms with E-state index < -0.39 is 0 Å². The topological polar surface area (TPSA) is 54.6 Å². The predicted molar refractivity (Wildman–Crippen MR) is 85.4 cm³/mol. The number of nitrogens with one attached hydrogen (secondary N) is 1. The minimum atomic E-state index is 0.203. The van der Waals surface area contributed by atoms with Crippen LogP contribution in [0, 0.1) is 0 Å². The van der Waals surface area contributed by atoms with Crippen molar-refractivity contribution in [3.05, 3.63) is 47.8 Å². The van der Waals surface area contributed by atoms with E-state index in [4.69, 9.17) is 9.47 Å². The Labute approximate surface area is 135 Å². The monoisotopic (exact) mass is 312 g/mol. The number of nitrogens with zero attached hydrogens (tertiary/aromatic N) is 1. The number of hydrogen-bond acceptors (Lipinski definition) is 3. The van der Waals surface area contributed by atoms with Gasteiger partial charge in [-0.3, -0.25) is 4.79 Å². The van der Waals surface area contributed by atoms with E-state index >= 15 is 0 Å². The second kappa shape index (κ2) is 5.99. The van der Waals surface area contributed by atoms with E-state index in [-0.39, 0.29) is 18.7 Å². The van der Waals surface area contributed by atoms with Crippen LogP contribution < -0.4 is 9.47 Å². The second-order valence-electron chi connectivity index (χ2n) is 6.06. The van der Waals surface area contributed by atoms with Gasteiger partial charge < -0.3 is 19.4 Å². The van der Waals surface area contributed by atoms with Gasteiger partial charge in [-0.15, -0.1) is 0 Å². The molecule has 120 valence electrons. The molecule has 2 aromatic rings. The summed E-state index contributed by atoms with van der Waals surface area (Å²) < 4.78 is 10.7. The van der Waals surface area contributed by atoms with E-state index in [0.717, 1.165) is 48.6 Å². The maximum absolute atomic E-state index is 12.6. The Hall–Kier alpha value is -2.43. The highest BCUT2D eigenvalue weighted by Crippen LogP contribution is 2.34. The van der Waals surface area contributed by atoms with Crippen LogP contribution in [0.15, 0.2) is 36.5 Å². The molecule has 23 heavy (non-hydrogen) atoms. The van der Waals surface area contributed by atoms with E-state index in [1.807, 2.05) is 35.4 Å². The van der Waals surface area contributed by atoms with Gasteiger partial charge in [0, 0.05) is 24.9 Å². The summed E-state index contributed by atoms with van der Waals surface area (Å²) in [5.41, 5.74) is 2.25. The first-order chi connectivity index (χ1) is 11.3. The molecule has 1 N–H and O–H groups in total. The molecule has 0 radical (unpaired) electrons. The molecule has 1 amide bonds. The first-order valence-electron chi connectivity index (χ1n) is 8.12. The number of rotatable bonds is 4. The number of hydrogen-bond donors (Lipinski definition) is 1. The highest BCUT2D eigenvalue weighted by atomic mass is 16.7. The normalized spacial score (nSPS) is 19.3. The Kier molecular flexibility index (Phi) is 3.69. The van der Waals surface area contributed by atoms with Crippen molar-refractivity contribution >= 4 is 5.91 Å². The zero-order valence-electron chi connectivity index (χ0n) is 13.0. The van der Waals surface area contributed by atoms with Gasteiger partial charge in [0.25, 0.3) is 0 Å². The van der Waals surface area contributed by atoms with Crippen molar-refractivity contribution in [3.63, 3.8) is 0 Å². The third kappa shape index (κ3) is 2.79. The number of ether oxygens (including phenoxy) is 2. The van der Waals surface area contributed by atoms with Crippen LogP contribution in [-0.4, -0.2) is 29.1 Å². The highest BCUT2D eigenvalue weighted by Gasteiger charge is 2.30. The van der Waals surface area contributed by atoms with Crippen LogP contribution in [0.2, 0.25) is 0 Å². The summed E-state index contributed by atoms with van der Waals surface area (Å²) in [5.74, 6) is 1.78. The Morgan fingerprint density at radius 3 is 3.04 bits per heavy atom. The van der Waals surface area contributed by atoms with Crippen molar-refractivity contribution < 1.29 is 14.3 Å². The lowest BCUT2D eigenvalue weighted by atomic mass is 10.1. The number of amides is 1. The number of H-pyrrole nitrogens is 1. The number of fused-ring (bicyclic) bond motifs is 1. The lowest BCUT2D eigenvalue weighted by molar-refractivity contribution is -0.132. The van der Waals surface area contributed by atoms with Gasteiger partial charge in [0.2, 0.25) is 12.7 Å². The summed E-state index contributed by atoms with van der Waals surface area (Å²) in [4.78, 5) is 17.9. The van der Waals surface area contributed by atoms with Crippen molar-refractivity contribution in [3.8, 4) is 11.5 Å². The Bertz CT molecular complexity index is 696. The van der Waals surface area contributed by atoms with E-state index in [2.05, 4.69) is 11.1 Å². The van der Waals surface area contributed by atoms with Gasteiger partial charge in [0.1, 0.15) is 0 Å². The highest BCUT2D eigenvalue weighted by molar-refractivity contribution is 5.77. The van der Waals surface area contributed by atoms with Gasteiger partial charge in [-0.05, 0) is 49.1 Å². The SMILES string of the molecule is O=C(CCc1ccc2c(c1)OCO2)N1CCCC1c1ccc[nH]1. The van der Waals surface area contributed by atoms with E-state index in [1.54, 1.807) is 0 Å². The molecule has 0 spiro atoms. The number of likely N-dealkylation sites (tertiary alicyclic amines) is 1. The summed E-state index contributed by atoms with van der Waals surface area (Å²) in [6.45, 7) is 1.13. The van der Waals surface area contributed by atoms with Gasteiger partial charge in [-0.25, -0.2) is 0 Å². The molecule has 1 unspecified atom stereocenters. The van der Waals surface area contributed by atoms with Crippen LogP contribution >= 0.6 is 0 Å². The fourth-order valence-corrected chi connectivity index (χ4v) is 3.43. The van der Waals surface area contributed by atoms with Crippen LogP contribution in [-0.2, 0) is 11.2 Å². The molecule has 5 nitrogen and oxygen atoms in total. The van der Waals surface area contributed by atoms with Gasteiger partial charge in [0.05, 0.1) is 6.04 Å². The molecule has 0 bridgehead atoms. The average molecular weight is 312 g/mol. The standard InChI is InChI=1S/C18H20N2O3/c21-18(20-10-2-4-15(20)14-3-1-9-19-14)8-6-13-5-7-16-17(11-13)23-12-22-16/h1,3,5,7,9,11,15,19H,2,4,6,8,10,12H2. The molecular formula is C18H20N2O3. The van der Waals surface area contributed by atoms with Crippen LogP contribution in [0.25, 0.3) is 0 Å². The van der Waals surface area contributed by atoms with Crippen molar-refractivity contribution in [2.75, 3.05) is 13.3 Å². The van der Waals surface area contributed by atoms with Gasteiger partial charge in [-0.2, -0.15) is 0 Å². The van der Waals surface area contributed by atoms with E-state index in [9.17, 15) is 4.79 Å². The van der Waals surface area contributed by atoms with Crippen LogP contribution in [0.5, 0.6) is 11.5 Å². The smallest absolute Gasteiger partial charge is 0.231 e. The van der Waals surface area contributed by atoms with Crippen molar-refractivity contribution in [2.24, 2.45) is 0 Å². The summed E-state index contributed by atoms with van der Waals surface area (Å²) in [6, 6.07) is 10.2. The molecule has 1 saturated heterocycles. The van der Waals surface area contributed by atoms with Crippen LogP contribution in [0.1, 0.15) is 36.6 Å². The van der Waals surface area contributed by atoms with Crippen molar-refractivity contribution in [2.45, 2.75) is 31.7 Å². The number of aromatic nitrogens is 1. The van der Waals surface area contributed by atoms with E-state index in [0.29, 0.717) is 6.42 Å². The van der Waals surface area contributed by atoms with Crippen molar-refractivity contribution in [1.82, 2.24) is 9.88 Å². The molecule has 1 aromatic heterocycles. The Morgan fingerprint density at radius 1 is 1.26 bits per heavy atom. The fourth-order valence-electron chi connectivity index (χ4n) is 3.43. The fraction of sp³-hybridized carbons (Fsp3) is 0.389. The molecule has 0 saturated carbocycles. The van der Waals surface area contributed by atoms with Crippen LogP contribution in [0.4, 0.5) is 0 Å². The van der Waals surface area contributed by atoms with E-state index in [1.165, 1.54) is 0 Å². The molecular weight excluding hydrogens is 292 g/mol. The number of carbonyl (C=O) groups excluding carboxylic acids is 1. The molecule has 1 fully saturated rings. The van der Waals surface area contributed by atoms with Gasteiger partial charge in [-0.1, -0.05) is 6.07 Å². The summed E-state index contributed by atoms with van der Waals surface area (Å²) in [7, 11) is 0. The quantitative estimate of drug-likeness (QED) is 0.944. The first kappa shape index (κ1) is 14.2. The third-order valence-electron chi connectivity index (χ3n) is 4.62. The van der Waals surface area contributed by atoms with Crippen molar-refractivity contribution in [1.29, 1.82) is 0 Å². The van der Waals surface area contributed by atoms with Gasteiger partial charge >= 0.3 is 0 Å². The average Bonchev–Trinajstić information content (AvgIpc) is 3.32. The molecule has 3 heterocycles. The zero-order chi connectivity index (χ0) is 15.6. The first-order valence-corrected chi connectivity index (χ1v) is 8.12. The molecule has 1 aromatic carbocycles. The second-order valence-corrected chi connectivity index (χ2v) is 6.06. The molecule has 4 rings (SSSR count). The number of aromatic amines is 1. The number of benzene rings is 1. The minimum absolute atomic E-state index is 0.203. The number of carbonyl (C=O) groups is 1. The maximum atomic E-state index is 12.6. The summed E-state index contributed by atoms with van der Waals surface area (Å²) >= 11 is 0. The molecule has 0 aliphatic carbocycles. The molecule has 2 aliphatic heterocycles. The minimum Gasteiger partial charge on any atom is -0.454 e. The summed E-state index contributed by atoms with van der Waals surface area (Å²) in [5, 5.41) is 0. The third-order valence-corrected chi connectivity index (χ3v) is 4.62. The Morgan fingerprint density at radius 2 is 2.17 bits per heavy atom. The zero-order valence-corrected chi connectivity index (χ0v) is 13.0. The Balaban J connectivity index is 1.40. The molecule has 1 atom stereocenters. The predicted octanol–water partition coefficient (Wildman–Crippen LogP) is 3.04. The van der Waals surface area contributed by atoms with Gasteiger partial charge in [0.15, 0.2) is 11.5 Å². The lowest BCUT2D eigenvalue weighted by Crippen LogP contribution is -2.30. The molecule has 2 aliphatic rings. The maximum Gasteiger partial charge on any atom is 0.231 e. The lowest BCUT2D eigenvalue weighted by Gasteiger charge is -2.24. The number of aryl methyl sites for hydroxylation is 1. The van der Waals surface area contributed by atoms with Crippen LogP contribution in [0.3, 0.4) is 0 Å².